The minimum atomic E-state index is -0.0106. The summed E-state index contributed by atoms with van der Waals surface area (Å²) in [6, 6.07) is 20.2. The molecule has 4 rings (SSSR count). The Morgan fingerprint density at radius 2 is 0.667 bits per heavy atom. The average molecular weight is 484 g/mol. The van der Waals surface area contributed by atoms with Crippen LogP contribution >= 0.6 is 0 Å². The lowest BCUT2D eigenvalue weighted by molar-refractivity contribution is -0.269. The molecule has 9 heteroatoms. The molecule has 0 fully saturated rings. The van der Waals surface area contributed by atoms with E-state index in [1.54, 1.807) is 36.4 Å². The zero-order valence-corrected chi connectivity index (χ0v) is 19.7. The zero-order chi connectivity index (χ0) is 25.2. The van der Waals surface area contributed by atoms with Crippen LogP contribution in [0.2, 0.25) is 0 Å². The van der Waals surface area contributed by atoms with Crippen molar-refractivity contribution in [1.29, 1.82) is 0 Å². The van der Waals surface area contributed by atoms with E-state index in [2.05, 4.69) is 30.9 Å². The standard InChI is InChI=1S/C27H30N6O3/c34-22-7-1-19(2-8-22)13-16-28-25-31-26(29-17-14-20-3-9-23(35)10-4-20)33-27(32-25)30-18-15-21-5-11-24(36)12-6-21/h1-12,34-36H,13-18H2,(H3,28,29,30,31,32,33)/p-3. The van der Waals surface area contributed by atoms with Crippen LogP contribution in [0.1, 0.15) is 16.7 Å². The molecule has 0 spiro atoms. The molecule has 0 saturated heterocycles. The lowest BCUT2D eigenvalue weighted by atomic mass is 10.1. The minimum Gasteiger partial charge on any atom is -0.872 e. The van der Waals surface area contributed by atoms with Crippen LogP contribution in [-0.2, 0) is 19.3 Å². The van der Waals surface area contributed by atoms with Gasteiger partial charge in [0.25, 0.3) is 0 Å². The molecule has 186 valence electrons. The number of nitrogens with zero attached hydrogens (tertiary/aromatic N) is 3. The second-order valence-electron chi connectivity index (χ2n) is 8.27. The highest BCUT2D eigenvalue weighted by molar-refractivity contribution is 5.43. The van der Waals surface area contributed by atoms with Crippen molar-refractivity contribution in [1.82, 2.24) is 15.0 Å². The first-order valence-corrected chi connectivity index (χ1v) is 11.8. The summed E-state index contributed by atoms with van der Waals surface area (Å²) in [5, 5.41) is 43.6. The molecule has 0 bridgehead atoms. The van der Waals surface area contributed by atoms with Crippen LogP contribution in [0.3, 0.4) is 0 Å². The lowest BCUT2D eigenvalue weighted by Crippen LogP contribution is -2.16. The first-order valence-electron chi connectivity index (χ1n) is 11.8. The van der Waals surface area contributed by atoms with Crippen LogP contribution in [0, 0.1) is 0 Å². The SMILES string of the molecule is [O-]c1ccc(CCNc2nc(NCCc3ccc([O-])cc3)nc(NCCc3ccc([O-])cc3)n2)cc1. The Bertz CT molecular complexity index is 1060. The maximum atomic E-state index is 11.3. The van der Waals surface area contributed by atoms with Gasteiger partial charge in [0.15, 0.2) is 0 Å². The zero-order valence-electron chi connectivity index (χ0n) is 19.7. The predicted octanol–water partition coefficient (Wildman–Crippen LogP) is 2.06. The first kappa shape index (κ1) is 24.6. The van der Waals surface area contributed by atoms with Crippen LogP contribution in [0.15, 0.2) is 72.8 Å². The molecule has 0 aliphatic carbocycles. The van der Waals surface area contributed by atoms with Crippen LogP contribution in [0.4, 0.5) is 17.8 Å². The van der Waals surface area contributed by atoms with Gasteiger partial charge in [0.1, 0.15) is 0 Å². The molecule has 0 unspecified atom stereocenters. The fourth-order valence-electron chi connectivity index (χ4n) is 3.54. The number of aromatic nitrogens is 3. The Kier molecular flexibility index (Phi) is 8.37. The summed E-state index contributed by atoms with van der Waals surface area (Å²) < 4.78 is 0. The van der Waals surface area contributed by atoms with Crippen molar-refractivity contribution in [3.63, 3.8) is 0 Å². The Morgan fingerprint density at radius 3 is 0.917 bits per heavy atom. The van der Waals surface area contributed by atoms with Gasteiger partial charge in [-0.15, -0.1) is 17.2 Å². The van der Waals surface area contributed by atoms with Gasteiger partial charge >= 0.3 is 0 Å². The van der Waals surface area contributed by atoms with E-state index in [9.17, 15) is 15.3 Å². The van der Waals surface area contributed by atoms with Gasteiger partial charge in [0, 0.05) is 19.6 Å². The second kappa shape index (κ2) is 12.3. The molecule has 3 N–H and O–H groups in total. The number of hydrogen-bond donors (Lipinski definition) is 3. The Hall–Kier alpha value is -4.53. The molecule has 0 atom stereocenters. The molecule has 0 saturated carbocycles. The summed E-state index contributed by atoms with van der Waals surface area (Å²) in [5.41, 5.74) is 3.13. The fraction of sp³-hybridized carbons (Fsp3) is 0.222. The molecule has 0 radical (unpaired) electrons. The van der Waals surface area contributed by atoms with E-state index >= 15 is 0 Å². The van der Waals surface area contributed by atoms with Crippen molar-refractivity contribution in [3.8, 4) is 17.2 Å². The number of nitrogens with one attached hydrogen (secondary N) is 3. The van der Waals surface area contributed by atoms with Gasteiger partial charge in [0.2, 0.25) is 17.8 Å². The number of rotatable bonds is 12. The van der Waals surface area contributed by atoms with E-state index in [4.69, 9.17) is 0 Å². The largest absolute Gasteiger partial charge is 0.872 e. The normalized spacial score (nSPS) is 10.7. The van der Waals surface area contributed by atoms with Crippen LogP contribution < -0.4 is 31.3 Å². The molecular formula is C27H27N6O3-3. The number of anilines is 3. The third-order valence-corrected chi connectivity index (χ3v) is 5.50. The first-order chi connectivity index (χ1) is 17.5. The van der Waals surface area contributed by atoms with Crippen molar-refractivity contribution >= 4 is 17.8 Å². The van der Waals surface area contributed by atoms with Crippen LogP contribution in [0.25, 0.3) is 0 Å². The van der Waals surface area contributed by atoms with Gasteiger partial charge < -0.3 is 31.3 Å². The van der Waals surface area contributed by atoms with E-state index < -0.39 is 0 Å². The Morgan fingerprint density at radius 1 is 0.417 bits per heavy atom. The maximum Gasteiger partial charge on any atom is 0.229 e. The van der Waals surface area contributed by atoms with Gasteiger partial charge in [-0.1, -0.05) is 72.8 Å². The third kappa shape index (κ3) is 7.76. The molecule has 0 aliphatic rings. The van der Waals surface area contributed by atoms with Gasteiger partial charge in [-0.3, -0.25) is 0 Å². The molecule has 3 aromatic carbocycles. The van der Waals surface area contributed by atoms with Crippen molar-refractivity contribution in [2.75, 3.05) is 35.6 Å². The molecule has 0 aliphatic heterocycles. The molecule has 0 amide bonds. The molecular weight excluding hydrogens is 456 g/mol. The smallest absolute Gasteiger partial charge is 0.229 e. The van der Waals surface area contributed by atoms with Gasteiger partial charge in [0.05, 0.1) is 0 Å². The van der Waals surface area contributed by atoms with E-state index in [1.165, 1.54) is 0 Å². The predicted molar refractivity (Wildman–Crippen MR) is 134 cm³/mol. The van der Waals surface area contributed by atoms with Crippen molar-refractivity contribution in [2.24, 2.45) is 0 Å². The molecule has 1 heterocycles. The lowest BCUT2D eigenvalue weighted by Gasteiger charge is -2.12. The average Bonchev–Trinajstić information content (AvgIpc) is 2.88. The highest BCUT2D eigenvalue weighted by atomic mass is 16.3. The van der Waals surface area contributed by atoms with Gasteiger partial charge in [-0.05, 0) is 36.0 Å². The van der Waals surface area contributed by atoms with Crippen LogP contribution in [0.5, 0.6) is 17.2 Å². The molecule has 36 heavy (non-hydrogen) atoms. The monoisotopic (exact) mass is 483 g/mol. The number of hydrogen-bond acceptors (Lipinski definition) is 9. The summed E-state index contributed by atoms with van der Waals surface area (Å²) in [6.07, 6.45) is 2.13. The van der Waals surface area contributed by atoms with Crippen molar-refractivity contribution in [2.45, 2.75) is 19.3 Å². The topological polar surface area (TPSA) is 144 Å². The highest BCUT2D eigenvalue weighted by Gasteiger charge is 2.07. The minimum absolute atomic E-state index is 0.0106. The highest BCUT2D eigenvalue weighted by Crippen LogP contribution is 2.13. The number of benzene rings is 3. The molecule has 4 aromatic rings. The van der Waals surface area contributed by atoms with E-state index in [0.29, 0.717) is 56.7 Å². The summed E-state index contributed by atoms with van der Waals surface area (Å²) >= 11 is 0. The molecule has 1 aromatic heterocycles. The molecule has 9 nitrogen and oxygen atoms in total. The van der Waals surface area contributed by atoms with Gasteiger partial charge in [-0.2, -0.15) is 15.0 Å². The Labute approximate surface area is 209 Å². The van der Waals surface area contributed by atoms with Gasteiger partial charge in [-0.25, -0.2) is 0 Å². The van der Waals surface area contributed by atoms with Crippen molar-refractivity contribution < 1.29 is 15.3 Å². The summed E-state index contributed by atoms with van der Waals surface area (Å²) in [5.74, 6) is 1.27. The van der Waals surface area contributed by atoms with Crippen molar-refractivity contribution in [3.05, 3.63) is 89.5 Å². The van der Waals surface area contributed by atoms with E-state index in [1.807, 2.05) is 36.4 Å². The van der Waals surface area contributed by atoms with E-state index in [0.717, 1.165) is 16.7 Å². The fourth-order valence-corrected chi connectivity index (χ4v) is 3.54. The van der Waals surface area contributed by atoms with Crippen LogP contribution in [-0.4, -0.2) is 34.6 Å². The quantitative estimate of drug-likeness (QED) is 0.276. The Balaban J connectivity index is 1.37. The van der Waals surface area contributed by atoms with E-state index in [-0.39, 0.29) is 17.2 Å². The third-order valence-electron chi connectivity index (χ3n) is 5.50. The summed E-state index contributed by atoms with van der Waals surface area (Å²) in [7, 11) is 0. The summed E-state index contributed by atoms with van der Waals surface area (Å²) in [4.78, 5) is 13.4. The summed E-state index contributed by atoms with van der Waals surface area (Å²) in [6.45, 7) is 1.76. The maximum absolute atomic E-state index is 11.3. The second-order valence-corrected chi connectivity index (χ2v) is 8.27.